The van der Waals surface area contributed by atoms with Crippen molar-refractivity contribution >= 4 is 0 Å². The summed E-state index contributed by atoms with van der Waals surface area (Å²) >= 11 is 0. The van der Waals surface area contributed by atoms with E-state index in [-0.39, 0.29) is 0 Å². The molecule has 0 aliphatic rings. The summed E-state index contributed by atoms with van der Waals surface area (Å²) in [5.74, 6) is 0.619. The van der Waals surface area contributed by atoms with Crippen LogP contribution in [0.4, 0.5) is 0 Å². The lowest BCUT2D eigenvalue weighted by Gasteiger charge is -2.10. The molecule has 0 unspecified atom stereocenters. The highest BCUT2D eigenvalue weighted by Gasteiger charge is 2.14. The van der Waals surface area contributed by atoms with Gasteiger partial charge in [0.1, 0.15) is 0 Å². The minimum absolute atomic E-state index is 0.619. The molecule has 0 fully saturated rings. The molecule has 0 aliphatic carbocycles. The molecule has 0 saturated carbocycles. The molecule has 0 radical (unpaired) electrons. The molecular formula is C15H31N3. The van der Waals surface area contributed by atoms with Crippen LogP contribution in [0.1, 0.15) is 64.8 Å². The third-order valence-corrected chi connectivity index (χ3v) is 3.06. The Hall–Kier alpha value is -0.830. The van der Waals surface area contributed by atoms with Crippen LogP contribution < -0.4 is 0 Å². The molecule has 1 rings (SSSR count). The molecule has 0 N–H and O–H groups in total. The third-order valence-electron chi connectivity index (χ3n) is 3.06. The average Bonchev–Trinajstić information content (AvgIpc) is 2.75. The minimum Gasteiger partial charge on any atom is -0.304 e. The predicted molar refractivity (Wildman–Crippen MR) is 80.0 cm³/mol. The summed E-state index contributed by atoms with van der Waals surface area (Å²) in [5.41, 5.74) is 2.60. The van der Waals surface area contributed by atoms with E-state index in [2.05, 4.69) is 50.5 Å². The van der Waals surface area contributed by atoms with Gasteiger partial charge in [-0.2, -0.15) is 5.10 Å². The van der Waals surface area contributed by atoms with E-state index in [1.165, 1.54) is 24.2 Å². The molecule has 0 saturated heterocycles. The predicted octanol–water partition coefficient (Wildman–Crippen LogP) is 3.89. The van der Waals surface area contributed by atoms with Crippen LogP contribution in [-0.2, 0) is 13.1 Å². The lowest BCUT2D eigenvalue weighted by atomic mass is 9.99. The maximum absolute atomic E-state index is 4.71. The second-order valence-corrected chi connectivity index (χ2v) is 4.63. The molecule has 0 aliphatic heterocycles. The first-order chi connectivity index (χ1) is 8.62. The van der Waals surface area contributed by atoms with Gasteiger partial charge in [0.25, 0.3) is 0 Å². The number of aromatic nitrogens is 2. The highest BCUT2D eigenvalue weighted by molar-refractivity contribution is 5.14. The van der Waals surface area contributed by atoms with Crippen molar-refractivity contribution in [3.63, 3.8) is 0 Å². The Balaban J connectivity index is 0.00000137. The largest absolute Gasteiger partial charge is 0.304 e. The molecule has 0 amide bonds. The monoisotopic (exact) mass is 253 g/mol. The Morgan fingerprint density at radius 2 is 1.72 bits per heavy atom. The van der Waals surface area contributed by atoms with Crippen molar-refractivity contribution in [2.45, 2.75) is 66.5 Å². The second kappa shape index (κ2) is 9.15. The van der Waals surface area contributed by atoms with Gasteiger partial charge < -0.3 is 4.90 Å². The molecule has 3 nitrogen and oxygen atoms in total. The third kappa shape index (κ3) is 4.81. The molecule has 3 heteroatoms. The minimum atomic E-state index is 0.619. The number of hydrogen-bond acceptors (Lipinski definition) is 2. The number of aryl methyl sites for hydroxylation is 1. The first-order valence-corrected chi connectivity index (χ1v) is 7.33. The van der Waals surface area contributed by atoms with Crippen LogP contribution in [0, 0.1) is 0 Å². The van der Waals surface area contributed by atoms with E-state index in [1.807, 2.05) is 13.8 Å². The van der Waals surface area contributed by atoms with Gasteiger partial charge in [-0.1, -0.05) is 27.7 Å². The van der Waals surface area contributed by atoms with Gasteiger partial charge in [0.05, 0.1) is 11.4 Å². The Morgan fingerprint density at radius 1 is 1.17 bits per heavy atom. The van der Waals surface area contributed by atoms with E-state index >= 15 is 0 Å². The average molecular weight is 253 g/mol. The van der Waals surface area contributed by atoms with Crippen molar-refractivity contribution in [1.82, 2.24) is 14.7 Å². The van der Waals surface area contributed by atoms with E-state index in [4.69, 9.17) is 5.10 Å². The summed E-state index contributed by atoms with van der Waals surface area (Å²) in [7, 11) is 4.20. The molecule has 0 spiro atoms. The van der Waals surface area contributed by atoms with Gasteiger partial charge in [-0.15, -0.1) is 0 Å². The first kappa shape index (κ1) is 17.2. The standard InChI is InChI=1S/C13H25N3.C2H6/c1-6-11(7-2)13-9-12(10-15(4)5)16(8-3)14-13;1-2/h9,11H,6-8,10H2,1-5H3;1-2H3. The zero-order valence-corrected chi connectivity index (χ0v) is 13.3. The van der Waals surface area contributed by atoms with E-state index in [0.717, 1.165) is 13.1 Å². The van der Waals surface area contributed by atoms with Gasteiger partial charge in [-0.05, 0) is 39.9 Å². The van der Waals surface area contributed by atoms with Crippen LogP contribution in [0.5, 0.6) is 0 Å². The SMILES string of the molecule is CC.CCC(CC)c1cc(CN(C)C)n(CC)n1. The van der Waals surface area contributed by atoms with E-state index in [0.29, 0.717) is 5.92 Å². The van der Waals surface area contributed by atoms with Crippen molar-refractivity contribution < 1.29 is 0 Å². The van der Waals surface area contributed by atoms with E-state index < -0.39 is 0 Å². The molecule has 0 bridgehead atoms. The van der Waals surface area contributed by atoms with E-state index in [1.54, 1.807) is 0 Å². The maximum Gasteiger partial charge on any atom is 0.0658 e. The highest BCUT2D eigenvalue weighted by atomic mass is 15.3. The van der Waals surface area contributed by atoms with Gasteiger partial charge in [0, 0.05) is 19.0 Å². The number of nitrogens with zero attached hydrogens (tertiary/aromatic N) is 3. The van der Waals surface area contributed by atoms with Crippen molar-refractivity contribution in [2.24, 2.45) is 0 Å². The molecular weight excluding hydrogens is 222 g/mol. The maximum atomic E-state index is 4.71. The summed E-state index contributed by atoms with van der Waals surface area (Å²) in [4.78, 5) is 2.19. The summed E-state index contributed by atoms with van der Waals surface area (Å²) < 4.78 is 2.13. The van der Waals surface area contributed by atoms with Gasteiger partial charge in [-0.25, -0.2) is 0 Å². The zero-order chi connectivity index (χ0) is 14.1. The molecule has 1 aromatic rings. The zero-order valence-electron chi connectivity index (χ0n) is 13.3. The van der Waals surface area contributed by atoms with Crippen molar-refractivity contribution in [1.29, 1.82) is 0 Å². The van der Waals surface area contributed by atoms with Gasteiger partial charge >= 0.3 is 0 Å². The summed E-state index contributed by atoms with van der Waals surface area (Å²) in [5, 5.41) is 4.71. The lowest BCUT2D eigenvalue weighted by molar-refractivity contribution is 0.383. The number of rotatable bonds is 6. The number of hydrogen-bond donors (Lipinski definition) is 0. The summed E-state index contributed by atoms with van der Waals surface area (Å²) in [6.45, 7) is 12.6. The lowest BCUT2D eigenvalue weighted by Crippen LogP contribution is -2.14. The fourth-order valence-electron chi connectivity index (χ4n) is 2.11. The topological polar surface area (TPSA) is 21.1 Å². The highest BCUT2D eigenvalue weighted by Crippen LogP contribution is 2.22. The molecule has 1 aromatic heterocycles. The fraction of sp³-hybridized carbons (Fsp3) is 0.800. The van der Waals surface area contributed by atoms with E-state index in [9.17, 15) is 0 Å². The van der Waals surface area contributed by atoms with Gasteiger partial charge in [0.2, 0.25) is 0 Å². The van der Waals surface area contributed by atoms with Crippen LogP contribution in [0.25, 0.3) is 0 Å². The quantitative estimate of drug-likeness (QED) is 0.767. The van der Waals surface area contributed by atoms with Crippen LogP contribution in [0.3, 0.4) is 0 Å². The molecule has 0 atom stereocenters. The molecule has 1 heterocycles. The first-order valence-electron chi connectivity index (χ1n) is 7.33. The van der Waals surface area contributed by atoms with Crippen LogP contribution in [-0.4, -0.2) is 28.8 Å². The fourth-order valence-corrected chi connectivity index (χ4v) is 2.11. The van der Waals surface area contributed by atoms with Crippen LogP contribution in [0.2, 0.25) is 0 Å². The Bertz CT molecular complexity index is 312. The Kier molecular flexibility index (Phi) is 8.73. The molecule has 106 valence electrons. The Morgan fingerprint density at radius 3 is 2.11 bits per heavy atom. The normalized spacial score (nSPS) is 10.7. The smallest absolute Gasteiger partial charge is 0.0658 e. The summed E-state index contributed by atoms with van der Waals surface area (Å²) in [6.07, 6.45) is 2.36. The van der Waals surface area contributed by atoms with Gasteiger partial charge in [-0.3, -0.25) is 4.68 Å². The second-order valence-electron chi connectivity index (χ2n) is 4.63. The van der Waals surface area contributed by atoms with Crippen LogP contribution >= 0.6 is 0 Å². The van der Waals surface area contributed by atoms with Crippen molar-refractivity contribution in [3.8, 4) is 0 Å². The van der Waals surface area contributed by atoms with Crippen molar-refractivity contribution in [3.05, 3.63) is 17.5 Å². The molecule has 0 aromatic carbocycles. The van der Waals surface area contributed by atoms with Crippen LogP contribution in [0.15, 0.2) is 6.07 Å². The van der Waals surface area contributed by atoms with Gasteiger partial charge in [0.15, 0.2) is 0 Å². The molecule has 18 heavy (non-hydrogen) atoms. The Labute approximate surface area is 113 Å². The van der Waals surface area contributed by atoms with Crippen molar-refractivity contribution in [2.75, 3.05) is 14.1 Å². The summed E-state index contributed by atoms with van der Waals surface area (Å²) in [6, 6.07) is 2.28.